The van der Waals surface area contributed by atoms with Crippen molar-refractivity contribution < 1.29 is 28.0 Å². The number of allylic oxidation sites excluding steroid dienone is 4. The molecule has 2 aliphatic carbocycles. The van der Waals surface area contributed by atoms with Gasteiger partial charge in [-0.15, -0.1) is 0 Å². The van der Waals surface area contributed by atoms with Gasteiger partial charge in [-0.2, -0.15) is 0 Å². The average Bonchev–Trinajstić information content (AvgIpc) is 4.20. The van der Waals surface area contributed by atoms with Gasteiger partial charge in [0.15, 0.2) is 0 Å². The molecule has 0 heterocycles. The molecule has 0 aromatic carbocycles. The van der Waals surface area contributed by atoms with Crippen LogP contribution >= 0.6 is 0 Å². The van der Waals surface area contributed by atoms with Gasteiger partial charge in [-0.3, -0.25) is 0 Å². The Bertz CT molecular complexity index is 1080. The van der Waals surface area contributed by atoms with E-state index in [0.717, 1.165) is 25.1 Å². The van der Waals surface area contributed by atoms with Crippen LogP contribution in [0.5, 0.6) is 0 Å². The van der Waals surface area contributed by atoms with Gasteiger partial charge in [0, 0.05) is 25.1 Å². The Hall–Kier alpha value is -1.17. The quantitative estimate of drug-likeness (QED) is 0.0276. The SMILES string of the molecule is C/C=C(/NCCCN(CCCCCCCC)CCCCCCCC)C(C)=N.CC.CC.CCCCCCCCC(CC)OC=C1CCC1.CCCCCCCCC(CCCCCCCC)OC=C1CC1.[CH3-].[V]. The van der Waals surface area contributed by atoms with E-state index >= 15 is 0 Å². The predicted octanol–water partition coefficient (Wildman–Crippen LogP) is 22.6. The van der Waals surface area contributed by atoms with Crippen molar-refractivity contribution in [2.75, 3.05) is 26.2 Å². The molecule has 2 fully saturated rings. The first-order valence-electron chi connectivity index (χ1n) is 31.7. The molecule has 72 heavy (non-hydrogen) atoms. The zero-order chi connectivity index (χ0) is 52.4. The summed E-state index contributed by atoms with van der Waals surface area (Å²) < 4.78 is 11.9. The maximum Gasteiger partial charge on any atom is 0.0978 e. The maximum absolute atomic E-state index is 7.75. The maximum atomic E-state index is 7.75. The molecule has 1 unspecified atom stereocenters. The van der Waals surface area contributed by atoms with E-state index in [0.29, 0.717) is 17.9 Å². The number of nitrogens with one attached hydrogen (secondary N) is 2. The molecule has 0 amide bonds. The molecular weight excluding hydrogens is 918 g/mol. The fraction of sp³-hybridized carbons (Fsp3) is 0.879. The number of nitrogens with zero attached hydrogens (tertiary/aromatic N) is 1. The largest absolute Gasteiger partial charge is 0.498 e. The molecule has 0 aromatic heterocycles. The van der Waals surface area contributed by atoms with E-state index in [1.807, 2.05) is 47.6 Å². The zero-order valence-corrected chi connectivity index (χ0v) is 53.1. The predicted molar refractivity (Wildman–Crippen MR) is 325 cm³/mol. The molecule has 0 bridgehead atoms. The zero-order valence-electron chi connectivity index (χ0n) is 51.7. The van der Waals surface area contributed by atoms with Gasteiger partial charge in [0.1, 0.15) is 0 Å². The van der Waals surface area contributed by atoms with Crippen molar-refractivity contribution in [1.29, 1.82) is 5.41 Å². The van der Waals surface area contributed by atoms with Crippen LogP contribution in [0, 0.1) is 12.8 Å². The standard InChI is InChI=1S/C24H49N3.C21H40O.C16H30O.2C2H6.CH3.V/c1-5-8-10-12-14-16-20-27(21-17-15-13-11-9-6-2)22-18-19-26-24(7-3)23(4)25;1-3-5-7-9-11-13-15-21(22-19-20-17-18-20)16-14-12-10-8-6-4-2;1-3-5-6-7-8-9-13-16(4-2)17-14-15-11-10-12-15;2*1-2;;/h7,25-26H,5-6,8-22H2,1-4H3;19,21H,3-18H2,1-2H3;14,16H,3-13H2,1-2H3;2*1-2H3;1H3;/q;;;;;-1;/b24-7+,25-23?;;;;;;. The van der Waals surface area contributed by atoms with Crippen molar-refractivity contribution in [2.45, 2.75) is 352 Å². The van der Waals surface area contributed by atoms with Crippen LogP contribution in [0.1, 0.15) is 340 Å². The third kappa shape index (κ3) is 59.7. The Morgan fingerprint density at radius 1 is 0.486 bits per heavy atom. The van der Waals surface area contributed by atoms with Crippen LogP contribution in [0.4, 0.5) is 0 Å². The summed E-state index contributed by atoms with van der Waals surface area (Å²) in [6.07, 6.45) is 61.2. The van der Waals surface area contributed by atoms with Crippen molar-refractivity contribution in [3.8, 4) is 0 Å². The van der Waals surface area contributed by atoms with E-state index in [1.54, 1.807) is 0 Å². The minimum atomic E-state index is 0. The summed E-state index contributed by atoms with van der Waals surface area (Å²) in [5.41, 5.74) is 4.66. The normalized spacial score (nSPS) is 12.7. The minimum absolute atomic E-state index is 0. The van der Waals surface area contributed by atoms with E-state index in [2.05, 4.69) is 64.3 Å². The Kier molecular flexibility index (Phi) is 75.1. The Morgan fingerprint density at radius 2 is 0.806 bits per heavy atom. The summed E-state index contributed by atoms with van der Waals surface area (Å²) >= 11 is 0. The van der Waals surface area contributed by atoms with Crippen LogP contribution in [0.3, 0.4) is 0 Å². The van der Waals surface area contributed by atoms with Crippen LogP contribution in [-0.4, -0.2) is 49.0 Å². The molecule has 431 valence electrons. The van der Waals surface area contributed by atoms with Crippen LogP contribution in [0.15, 0.2) is 35.4 Å². The average molecular weight is 1050 g/mol. The summed E-state index contributed by atoms with van der Waals surface area (Å²) in [6.45, 7) is 30.2. The summed E-state index contributed by atoms with van der Waals surface area (Å²) in [7, 11) is 0. The number of ether oxygens (including phenoxy) is 2. The molecule has 5 nitrogen and oxygen atoms in total. The third-order valence-corrected chi connectivity index (χ3v) is 13.8. The Morgan fingerprint density at radius 3 is 1.12 bits per heavy atom. The van der Waals surface area contributed by atoms with Crippen molar-refractivity contribution in [3.05, 3.63) is 42.9 Å². The van der Waals surface area contributed by atoms with Crippen molar-refractivity contribution in [2.24, 2.45) is 0 Å². The summed E-state index contributed by atoms with van der Waals surface area (Å²) in [5.74, 6) is 0. The van der Waals surface area contributed by atoms with E-state index in [-0.39, 0.29) is 26.0 Å². The first-order valence-corrected chi connectivity index (χ1v) is 31.7. The molecule has 1 atom stereocenters. The van der Waals surface area contributed by atoms with Gasteiger partial charge in [-0.25, -0.2) is 0 Å². The molecule has 0 aromatic rings. The van der Waals surface area contributed by atoms with Gasteiger partial charge in [0.25, 0.3) is 0 Å². The number of hydrogen-bond acceptors (Lipinski definition) is 5. The van der Waals surface area contributed by atoms with Gasteiger partial charge in [0.2, 0.25) is 0 Å². The summed E-state index contributed by atoms with van der Waals surface area (Å²) in [5, 5.41) is 11.2. The molecule has 0 saturated heterocycles. The molecule has 2 saturated carbocycles. The van der Waals surface area contributed by atoms with Crippen molar-refractivity contribution >= 4 is 5.71 Å². The summed E-state index contributed by atoms with van der Waals surface area (Å²) in [4.78, 5) is 2.69. The molecule has 2 aliphatic rings. The minimum Gasteiger partial charge on any atom is -0.498 e. The topological polar surface area (TPSA) is 57.6 Å². The van der Waals surface area contributed by atoms with Crippen molar-refractivity contribution in [3.63, 3.8) is 0 Å². The molecular formula is C66H134N3O2V-. The Labute approximate surface area is 468 Å². The smallest absolute Gasteiger partial charge is 0.0978 e. The van der Waals surface area contributed by atoms with Crippen molar-refractivity contribution in [1.82, 2.24) is 10.2 Å². The van der Waals surface area contributed by atoms with Gasteiger partial charge >= 0.3 is 0 Å². The molecule has 0 spiro atoms. The van der Waals surface area contributed by atoms with E-state index in [1.165, 1.54) is 275 Å². The van der Waals surface area contributed by atoms with Gasteiger partial charge < -0.3 is 32.5 Å². The number of rotatable bonds is 46. The van der Waals surface area contributed by atoms with Gasteiger partial charge in [0.05, 0.1) is 36.1 Å². The van der Waals surface area contributed by atoms with E-state index in [4.69, 9.17) is 14.9 Å². The van der Waals surface area contributed by atoms with Crippen LogP contribution in [-0.2, 0) is 28.0 Å². The van der Waals surface area contributed by atoms with Gasteiger partial charge in [-0.05, 0) is 141 Å². The third-order valence-electron chi connectivity index (χ3n) is 13.8. The van der Waals surface area contributed by atoms with Crippen LogP contribution in [0.25, 0.3) is 0 Å². The van der Waals surface area contributed by atoms with E-state index in [9.17, 15) is 0 Å². The van der Waals surface area contributed by atoms with E-state index < -0.39 is 0 Å². The van der Waals surface area contributed by atoms with Crippen LogP contribution in [0.2, 0.25) is 0 Å². The second-order valence-corrected chi connectivity index (χ2v) is 20.5. The molecule has 2 N–H and O–H groups in total. The number of hydrogen-bond donors (Lipinski definition) is 2. The monoisotopic (exact) mass is 1050 g/mol. The molecule has 2 rings (SSSR count). The van der Waals surface area contributed by atoms with Crippen LogP contribution < -0.4 is 5.32 Å². The molecule has 1 radical (unpaired) electrons. The fourth-order valence-electron chi connectivity index (χ4n) is 8.72. The Balaban J connectivity index is -0.000000303. The fourth-order valence-corrected chi connectivity index (χ4v) is 8.72. The first kappa shape index (κ1) is 79.7. The number of unbranched alkanes of at least 4 members (excludes halogenated alkanes) is 25. The van der Waals surface area contributed by atoms with Gasteiger partial charge in [-0.1, -0.05) is 236 Å². The second-order valence-electron chi connectivity index (χ2n) is 20.5. The first-order chi connectivity index (χ1) is 34.4. The summed E-state index contributed by atoms with van der Waals surface area (Å²) in [6, 6.07) is 0. The molecule has 0 aliphatic heterocycles. The second kappa shape index (κ2) is 67.8. The molecule has 6 heteroatoms.